The van der Waals surface area contributed by atoms with Crippen LogP contribution in [0.15, 0.2) is 18.2 Å². The van der Waals surface area contributed by atoms with E-state index in [1.807, 2.05) is 0 Å². The van der Waals surface area contributed by atoms with Gasteiger partial charge in [-0.3, -0.25) is 4.79 Å². The van der Waals surface area contributed by atoms with E-state index < -0.39 is 35.4 Å². The van der Waals surface area contributed by atoms with E-state index in [0.717, 1.165) is 18.2 Å². The van der Waals surface area contributed by atoms with Gasteiger partial charge in [-0.2, -0.15) is 0 Å². The lowest BCUT2D eigenvalue weighted by molar-refractivity contribution is -0.136. The molecule has 7 heteroatoms. The van der Waals surface area contributed by atoms with Gasteiger partial charge < -0.3 is 15.0 Å². The van der Waals surface area contributed by atoms with E-state index in [0.29, 0.717) is 6.42 Å². The number of likely N-dealkylation sites (tertiary alicyclic amines) is 1. The van der Waals surface area contributed by atoms with Crippen molar-refractivity contribution in [2.24, 2.45) is 0 Å². The van der Waals surface area contributed by atoms with Gasteiger partial charge in [-0.15, -0.1) is 0 Å². The zero-order chi connectivity index (χ0) is 18.1. The van der Waals surface area contributed by atoms with Crippen molar-refractivity contribution in [2.75, 3.05) is 7.05 Å². The van der Waals surface area contributed by atoms with Crippen LogP contribution in [0.3, 0.4) is 0 Å². The Labute approximate surface area is 140 Å². The van der Waals surface area contributed by atoms with E-state index in [1.54, 1.807) is 20.8 Å². The molecule has 0 unspecified atom stereocenters. The number of rotatable bonds is 2. The first kappa shape index (κ1) is 18.2. The molecule has 0 saturated carbocycles. The van der Waals surface area contributed by atoms with Gasteiger partial charge in [-0.25, -0.2) is 13.6 Å². The second kappa shape index (κ2) is 6.75. The quantitative estimate of drug-likeness (QED) is 0.900. The van der Waals surface area contributed by atoms with E-state index >= 15 is 0 Å². The van der Waals surface area contributed by atoms with Crippen molar-refractivity contribution in [1.29, 1.82) is 0 Å². The molecule has 1 aliphatic heterocycles. The number of halogens is 2. The van der Waals surface area contributed by atoms with Crippen LogP contribution < -0.4 is 5.32 Å². The minimum atomic E-state index is -0.797. The topological polar surface area (TPSA) is 58.6 Å². The van der Waals surface area contributed by atoms with Crippen LogP contribution in [-0.4, -0.2) is 35.6 Å². The SMILES string of the molecule is CN1C(=O)CC[C@H](NC(=O)OC(C)(C)C)[C@H]1c1cc(F)ccc1F. The number of piperidine rings is 1. The van der Waals surface area contributed by atoms with Crippen LogP contribution >= 0.6 is 0 Å². The third-order valence-electron chi connectivity index (χ3n) is 3.84. The van der Waals surface area contributed by atoms with Crippen LogP contribution in [0.2, 0.25) is 0 Å². The number of amides is 2. The van der Waals surface area contributed by atoms with Gasteiger partial charge in [0, 0.05) is 19.0 Å². The van der Waals surface area contributed by atoms with Crippen LogP contribution in [0.4, 0.5) is 13.6 Å². The molecule has 0 aromatic heterocycles. The van der Waals surface area contributed by atoms with Gasteiger partial charge in [-0.05, 0) is 45.4 Å². The lowest BCUT2D eigenvalue weighted by Gasteiger charge is -2.39. The fourth-order valence-corrected chi connectivity index (χ4v) is 2.81. The molecule has 2 rings (SSSR count). The molecule has 0 aliphatic carbocycles. The first-order valence-electron chi connectivity index (χ1n) is 7.78. The minimum absolute atomic E-state index is 0.0339. The third-order valence-corrected chi connectivity index (χ3v) is 3.84. The molecule has 0 bridgehead atoms. The summed E-state index contributed by atoms with van der Waals surface area (Å²) in [5, 5.41) is 2.68. The number of benzene rings is 1. The molecule has 2 amide bonds. The van der Waals surface area contributed by atoms with Crippen molar-refractivity contribution in [3.63, 3.8) is 0 Å². The highest BCUT2D eigenvalue weighted by atomic mass is 19.1. The van der Waals surface area contributed by atoms with Crippen molar-refractivity contribution in [3.8, 4) is 0 Å². The van der Waals surface area contributed by atoms with Crippen molar-refractivity contribution in [2.45, 2.75) is 51.3 Å². The molecule has 1 aromatic rings. The Balaban J connectivity index is 2.29. The average Bonchev–Trinajstić information content (AvgIpc) is 2.44. The highest BCUT2D eigenvalue weighted by Crippen LogP contribution is 2.33. The Morgan fingerprint density at radius 2 is 2.00 bits per heavy atom. The van der Waals surface area contributed by atoms with Gasteiger partial charge in [0.15, 0.2) is 0 Å². The van der Waals surface area contributed by atoms with Gasteiger partial charge in [-0.1, -0.05) is 0 Å². The summed E-state index contributed by atoms with van der Waals surface area (Å²) < 4.78 is 33.0. The molecule has 1 fully saturated rings. The molecule has 1 N–H and O–H groups in total. The molecule has 1 aromatic carbocycles. The minimum Gasteiger partial charge on any atom is -0.444 e. The summed E-state index contributed by atoms with van der Waals surface area (Å²) in [5.41, 5.74) is -0.647. The Morgan fingerprint density at radius 1 is 1.33 bits per heavy atom. The molecule has 0 radical (unpaired) electrons. The third kappa shape index (κ3) is 4.21. The molecule has 2 atom stereocenters. The fraction of sp³-hybridized carbons (Fsp3) is 0.529. The first-order chi connectivity index (χ1) is 11.1. The summed E-state index contributed by atoms with van der Waals surface area (Å²) in [6, 6.07) is 1.72. The highest BCUT2D eigenvalue weighted by molar-refractivity contribution is 5.78. The van der Waals surface area contributed by atoms with Crippen molar-refractivity contribution in [1.82, 2.24) is 10.2 Å². The van der Waals surface area contributed by atoms with Gasteiger partial charge >= 0.3 is 6.09 Å². The van der Waals surface area contributed by atoms with Crippen LogP contribution in [0, 0.1) is 11.6 Å². The highest BCUT2D eigenvalue weighted by Gasteiger charge is 2.38. The lowest BCUT2D eigenvalue weighted by atomic mass is 9.90. The van der Waals surface area contributed by atoms with Gasteiger partial charge in [0.05, 0.1) is 12.1 Å². The standard InChI is InChI=1S/C17H22F2N2O3/c1-17(2,3)24-16(23)20-13-7-8-14(22)21(4)15(13)11-9-10(18)5-6-12(11)19/h5-6,9,13,15H,7-8H2,1-4H3,(H,20,23)/t13-,15+/m0/s1. The summed E-state index contributed by atoms with van der Waals surface area (Å²) in [5.74, 6) is -1.42. The van der Waals surface area contributed by atoms with E-state index in [4.69, 9.17) is 4.74 Å². The molecule has 1 heterocycles. The number of hydrogen-bond acceptors (Lipinski definition) is 3. The van der Waals surface area contributed by atoms with E-state index in [1.165, 1.54) is 11.9 Å². The maximum absolute atomic E-state index is 14.2. The predicted octanol–water partition coefficient (Wildman–Crippen LogP) is 3.15. The average molecular weight is 340 g/mol. The number of hydrogen-bond donors (Lipinski definition) is 1. The molecule has 5 nitrogen and oxygen atoms in total. The number of nitrogens with one attached hydrogen (secondary N) is 1. The van der Waals surface area contributed by atoms with Crippen LogP contribution in [0.5, 0.6) is 0 Å². The van der Waals surface area contributed by atoms with E-state index in [9.17, 15) is 18.4 Å². The second-order valence-corrected chi connectivity index (χ2v) is 6.91. The number of likely N-dealkylation sites (N-methyl/N-ethyl adjacent to an activating group) is 1. The molecule has 1 saturated heterocycles. The van der Waals surface area contributed by atoms with Crippen molar-refractivity contribution < 1.29 is 23.1 Å². The zero-order valence-corrected chi connectivity index (χ0v) is 14.2. The van der Waals surface area contributed by atoms with E-state index in [-0.39, 0.29) is 17.9 Å². The summed E-state index contributed by atoms with van der Waals surface area (Å²) >= 11 is 0. The first-order valence-corrected chi connectivity index (χ1v) is 7.78. The Bertz CT molecular complexity index is 643. The Hall–Kier alpha value is -2.18. The van der Waals surface area contributed by atoms with Crippen molar-refractivity contribution in [3.05, 3.63) is 35.4 Å². The second-order valence-electron chi connectivity index (χ2n) is 6.91. The molecular weight excluding hydrogens is 318 g/mol. The van der Waals surface area contributed by atoms with Gasteiger partial charge in [0.2, 0.25) is 5.91 Å². The molecule has 24 heavy (non-hydrogen) atoms. The monoisotopic (exact) mass is 340 g/mol. The summed E-state index contributed by atoms with van der Waals surface area (Å²) in [6.07, 6.45) is -0.120. The molecular formula is C17H22F2N2O3. The van der Waals surface area contributed by atoms with Crippen LogP contribution in [0.25, 0.3) is 0 Å². The van der Waals surface area contributed by atoms with Crippen LogP contribution in [-0.2, 0) is 9.53 Å². The lowest BCUT2D eigenvalue weighted by Crippen LogP contribution is -2.51. The maximum atomic E-state index is 14.2. The van der Waals surface area contributed by atoms with Gasteiger partial charge in [0.1, 0.15) is 17.2 Å². The predicted molar refractivity (Wildman–Crippen MR) is 84.3 cm³/mol. The smallest absolute Gasteiger partial charge is 0.407 e. The zero-order valence-electron chi connectivity index (χ0n) is 14.2. The molecule has 132 valence electrons. The largest absolute Gasteiger partial charge is 0.444 e. The summed E-state index contributed by atoms with van der Waals surface area (Å²) in [4.78, 5) is 25.4. The fourth-order valence-electron chi connectivity index (χ4n) is 2.81. The molecule has 1 aliphatic rings. The summed E-state index contributed by atoms with van der Waals surface area (Å²) in [6.45, 7) is 5.19. The van der Waals surface area contributed by atoms with E-state index in [2.05, 4.69) is 5.32 Å². The Kier molecular flexibility index (Phi) is 5.11. The molecule has 0 spiro atoms. The number of nitrogens with zero attached hydrogens (tertiary/aromatic N) is 1. The number of carbonyl (C=O) groups excluding carboxylic acids is 2. The number of ether oxygens (including phenoxy) is 1. The number of alkyl carbamates (subject to hydrolysis) is 1. The Morgan fingerprint density at radius 3 is 2.62 bits per heavy atom. The van der Waals surface area contributed by atoms with Crippen LogP contribution in [0.1, 0.15) is 45.2 Å². The summed E-state index contributed by atoms with van der Waals surface area (Å²) in [7, 11) is 1.51. The van der Waals surface area contributed by atoms with Gasteiger partial charge in [0.25, 0.3) is 0 Å². The normalized spacial score (nSPS) is 21.6. The van der Waals surface area contributed by atoms with Crippen molar-refractivity contribution >= 4 is 12.0 Å². The maximum Gasteiger partial charge on any atom is 0.407 e. The number of carbonyl (C=O) groups is 2.